The molecule has 29 heavy (non-hydrogen) atoms. The predicted molar refractivity (Wildman–Crippen MR) is 114 cm³/mol. The van der Waals surface area contributed by atoms with Gasteiger partial charge in [-0.2, -0.15) is 0 Å². The van der Waals surface area contributed by atoms with Crippen molar-refractivity contribution in [1.82, 2.24) is 10.2 Å². The number of furan rings is 1. The van der Waals surface area contributed by atoms with Gasteiger partial charge < -0.3 is 24.1 Å². The molecular weight excluding hydrogens is 392 g/mol. The molecule has 1 saturated heterocycles. The van der Waals surface area contributed by atoms with E-state index in [1.165, 1.54) is 0 Å². The molecule has 1 unspecified atom stereocenters. The first-order valence-corrected chi connectivity index (χ1v) is 9.38. The van der Waals surface area contributed by atoms with Gasteiger partial charge in [-0.05, 0) is 12.1 Å². The summed E-state index contributed by atoms with van der Waals surface area (Å²) in [7, 11) is 3.27. The van der Waals surface area contributed by atoms with Crippen LogP contribution in [0.15, 0.2) is 52.9 Å². The SMILES string of the molecule is COCc1c(C(=O)N2CCNCC2c2ccccc2OC)oc2ccccc12.Cl. The number of rotatable bonds is 5. The summed E-state index contributed by atoms with van der Waals surface area (Å²) in [5, 5.41) is 4.30. The first-order valence-electron chi connectivity index (χ1n) is 9.38. The van der Waals surface area contributed by atoms with E-state index in [4.69, 9.17) is 13.9 Å². The van der Waals surface area contributed by atoms with Gasteiger partial charge in [-0.1, -0.05) is 36.4 Å². The maximum Gasteiger partial charge on any atom is 0.290 e. The molecule has 1 aliphatic heterocycles. The Hall–Kier alpha value is -2.54. The lowest BCUT2D eigenvalue weighted by molar-refractivity contribution is 0.0595. The second-order valence-electron chi connectivity index (χ2n) is 6.80. The van der Waals surface area contributed by atoms with E-state index in [2.05, 4.69) is 5.32 Å². The molecule has 1 aromatic heterocycles. The summed E-state index contributed by atoms with van der Waals surface area (Å²) < 4.78 is 16.9. The van der Waals surface area contributed by atoms with Crippen LogP contribution in [0.3, 0.4) is 0 Å². The molecule has 4 rings (SSSR count). The van der Waals surface area contributed by atoms with Crippen LogP contribution in [0.5, 0.6) is 5.75 Å². The van der Waals surface area contributed by atoms with E-state index in [0.29, 0.717) is 31.0 Å². The highest BCUT2D eigenvalue weighted by Gasteiger charge is 2.33. The van der Waals surface area contributed by atoms with E-state index in [9.17, 15) is 4.79 Å². The molecule has 1 aliphatic rings. The molecular formula is C22H25ClN2O4. The van der Waals surface area contributed by atoms with E-state index in [0.717, 1.165) is 28.8 Å². The number of carbonyl (C=O) groups is 1. The van der Waals surface area contributed by atoms with Gasteiger partial charge in [0.15, 0.2) is 5.76 Å². The summed E-state index contributed by atoms with van der Waals surface area (Å²) in [6.45, 7) is 2.30. The van der Waals surface area contributed by atoms with Crippen LogP contribution in [0, 0.1) is 0 Å². The highest BCUT2D eigenvalue weighted by Crippen LogP contribution is 2.33. The van der Waals surface area contributed by atoms with Gasteiger partial charge in [0.1, 0.15) is 11.3 Å². The molecule has 0 radical (unpaired) electrons. The summed E-state index contributed by atoms with van der Waals surface area (Å²) in [6.07, 6.45) is 0. The summed E-state index contributed by atoms with van der Waals surface area (Å²) in [6, 6.07) is 15.4. The molecule has 0 saturated carbocycles. The third-order valence-electron chi connectivity index (χ3n) is 5.18. The van der Waals surface area contributed by atoms with Crippen LogP contribution in [0.4, 0.5) is 0 Å². The Morgan fingerprint density at radius 1 is 1.17 bits per heavy atom. The fraction of sp³-hybridized carbons (Fsp3) is 0.318. The van der Waals surface area contributed by atoms with Gasteiger partial charge in [-0.15, -0.1) is 12.4 Å². The zero-order chi connectivity index (χ0) is 19.5. The Labute approximate surface area is 176 Å². The van der Waals surface area contributed by atoms with Gasteiger partial charge in [0.05, 0.1) is 19.8 Å². The number of methoxy groups -OCH3 is 2. The highest BCUT2D eigenvalue weighted by molar-refractivity contribution is 5.99. The number of amides is 1. The standard InChI is InChI=1S/C22H24N2O4.ClH/c1-26-14-17-15-7-3-6-10-20(15)28-21(17)22(25)24-12-11-23-13-18(24)16-8-4-5-9-19(16)27-2;/h3-10,18,23H,11-14H2,1-2H3;1H. The third kappa shape index (κ3) is 3.96. The minimum atomic E-state index is -0.138. The quantitative estimate of drug-likeness (QED) is 0.685. The van der Waals surface area contributed by atoms with Gasteiger partial charge in [-0.3, -0.25) is 4.79 Å². The molecule has 2 heterocycles. The van der Waals surface area contributed by atoms with Crippen molar-refractivity contribution >= 4 is 29.3 Å². The van der Waals surface area contributed by atoms with Crippen LogP contribution in [0.2, 0.25) is 0 Å². The van der Waals surface area contributed by atoms with Crippen LogP contribution in [0.1, 0.15) is 27.7 Å². The highest BCUT2D eigenvalue weighted by atomic mass is 35.5. The van der Waals surface area contributed by atoms with E-state index in [1.807, 2.05) is 53.4 Å². The van der Waals surface area contributed by atoms with Crippen molar-refractivity contribution in [2.24, 2.45) is 0 Å². The number of piperazine rings is 1. The van der Waals surface area contributed by atoms with Crippen molar-refractivity contribution in [3.63, 3.8) is 0 Å². The molecule has 1 atom stereocenters. The average molecular weight is 417 g/mol. The average Bonchev–Trinajstić information content (AvgIpc) is 3.12. The van der Waals surface area contributed by atoms with E-state index in [1.54, 1.807) is 14.2 Å². The molecule has 2 aromatic carbocycles. The van der Waals surface area contributed by atoms with Gasteiger partial charge in [0.25, 0.3) is 5.91 Å². The molecule has 154 valence electrons. The number of halogens is 1. The molecule has 1 amide bonds. The molecule has 3 aromatic rings. The number of nitrogens with one attached hydrogen (secondary N) is 1. The monoisotopic (exact) mass is 416 g/mol. The van der Waals surface area contributed by atoms with Crippen LogP contribution >= 0.6 is 12.4 Å². The predicted octanol–water partition coefficient (Wildman–Crippen LogP) is 3.80. The number of para-hydroxylation sites is 2. The molecule has 6 nitrogen and oxygen atoms in total. The van der Waals surface area contributed by atoms with Crippen molar-refractivity contribution < 1.29 is 18.7 Å². The summed E-state index contributed by atoms with van der Waals surface area (Å²) in [5.41, 5.74) is 2.47. The lowest BCUT2D eigenvalue weighted by Crippen LogP contribution is -2.48. The van der Waals surface area contributed by atoms with Gasteiger partial charge in [-0.25, -0.2) is 0 Å². The van der Waals surface area contributed by atoms with Gasteiger partial charge in [0.2, 0.25) is 0 Å². The maximum absolute atomic E-state index is 13.6. The zero-order valence-electron chi connectivity index (χ0n) is 16.5. The first-order chi connectivity index (χ1) is 13.7. The van der Waals surface area contributed by atoms with Crippen LogP contribution < -0.4 is 10.1 Å². The van der Waals surface area contributed by atoms with Crippen LogP contribution in [-0.2, 0) is 11.3 Å². The van der Waals surface area contributed by atoms with Crippen LogP contribution in [-0.4, -0.2) is 44.7 Å². The molecule has 0 aliphatic carbocycles. The van der Waals surface area contributed by atoms with Crippen molar-refractivity contribution in [3.05, 3.63) is 65.4 Å². The molecule has 1 N–H and O–H groups in total. The molecule has 7 heteroatoms. The van der Waals surface area contributed by atoms with Crippen molar-refractivity contribution in [2.75, 3.05) is 33.9 Å². The fourth-order valence-electron chi connectivity index (χ4n) is 3.86. The Morgan fingerprint density at radius 3 is 2.72 bits per heavy atom. The largest absolute Gasteiger partial charge is 0.496 e. The first kappa shape index (κ1) is 21.2. The van der Waals surface area contributed by atoms with Crippen molar-refractivity contribution in [2.45, 2.75) is 12.6 Å². The number of hydrogen-bond donors (Lipinski definition) is 1. The minimum absolute atomic E-state index is 0. The van der Waals surface area contributed by atoms with Crippen LogP contribution in [0.25, 0.3) is 11.0 Å². The minimum Gasteiger partial charge on any atom is -0.496 e. The third-order valence-corrected chi connectivity index (χ3v) is 5.18. The normalized spacial score (nSPS) is 16.5. The molecule has 0 spiro atoms. The summed E-state index contributed by atoms with van der Waals surface area (Å²) >= 11 is 0. The second-order valence-corrected chi connectivity index (χ2v) is 6.80. The fourth-order valence-corrected chi connectivity index (χ4v) is 3.86. The smallest absolute Gasteiger partial charge is 0.290 e. The number of nitrogens with zero attached hydrogens (tertiary/aromatic N) is 1. The maximum atomic E-state index is 13.6. The molecule has 1 fully saturated rings. The van der Waals surface area contributed by atoms with Gasteiger partial charge in [0, 0.05) is 43.3 Å². The van der Waals surface area contributed by atoms with E-state index < -0.39 is 0 Å². The number of benzene rings is 2. The number of fused-ring (bicyclic) bond motifs is 1. The Kier molecular flexibility index (Phi) is 6.79. The zero-order valence-corrected chi connectivity index (χ0v) is 17.3. The van der Waals surface area contributed by atoms with E-state index >= 15 is 0 Å². The van der Waals surface area contributed by atoms with Crippen molar-refractivity contribution in [1.29, 1.82) is 0 Å². The number of hydrogen-bond acceptors (Lipinski definition) is 5. The van der Waals surface area contributed by atoms with E-state index in [-0.39, 0.29) is 24.4 Å². The Bertz CT molecular complexity index is 988. The topological polar surface area (TPSA) is 63.9 Å². The van der Waals surface area contributed by atoms with Gasteiger partial charge >= 0.3 is 0 Å². The number of ether oxygens (including phenoxy) is 2. The summed E-state index contributed by atoms with van der Waals surface area (Å²) in [5.74, 6) is 1.00. The summed E-state index contributed by atoms with van der Waals surface area (Å²) in [4.78, 5) is 15.4. The molecule has 0 bridgehead atoms. The second kappa shape index (κ2) is 9.31. The Balaban J connectivity index is 0.00000240. The lowest BCUT2D eigenvalue weighted by atomic mass is 10.0. The van der Waals surface area contributed by atoms with Crippen molar-refractivity contribution in [3.8, 4) is 5.75 Å². The lowest BCUT2D eigenvalue weighted by Gasteiger charge is -2.36. The number of carbonyl (C=O) groups excluding carboxylic acids is 1. The Morgan fingerprint density at radius 2 is 1.93 bits per heavy atom.